The van der Waals surface area contributed by atoms with Crippen LogP contribution in [0.2, 0.25) is 0 Å². The zero-order chi connectivity index (χ0) is 16.2. The fourth-order valence-corrected chi connectivity index (χ4v) is 3.65. The van der Waals surface area contributed by atoms with Crippen molar-refractivity contribution >= 4 is 44.4 Å². The molecule has 9 heteroatoms. The summed E-state index contributed by atoms with van der Waals surface area (Å²) in [5.74, 6) is 0.0206. The predicted octanol–water partition coefficient (Wildman–Crippen LogP) is 1.07. The number of hydrogen-bond donors (Lipinski definition) is 3. The van der Waals surface area contributed by atoms with Crippen molar-refractivity contribution in [3.05, 3.63) is 35.9 Å². The lowest BCUT2D eigenvalue weighted by molar-refractivity contribution is -0.115. The van der Waals surface area contributed by atoms with Crippen molar-refractivity contribution in [2.75, 3.05) is 5.75 Å². The molecule has 3 unspecified atom stereocenters. The van der Waals surface area contributed by atoms with E-state index in [-0.39, 0.29) is 34.4 Å². The fraction of sp³-hybridized carbons (Fsp3) is 0.286. The van der Waals surface area contributed by atoms with Crippen molar-refractivity contribution in [2.24, 2.45) is 10.1 Å². The van der Waals surface area contributed by atoms with Crippen LogP contribution in [0.4, 0.5) is 0 Å². The SMILES string of the molecule is N#C/C(=N\NC1NNC(c2ccccc2)C1Br)C1=NC(=O)CS1. The van der Waals surface area contributed by atoms with E-state index in [1.165, 1.54) is 11.8 Å². The Morgan fingerprint density at radius 2 is 2.22 bits per heavy atom. The number of hydrogen-bond acceptors (Lipinski definition) is 7. The molecule has 3 N–H and O–H groups in total. The van der Waals surface area contributed by atoms with Gasteiger partial charge in [-0.3, -0.25) is 10.2 Å². The Bertz CT molecular complexity index is 701. The van der Waals surface area contributed by atoms with Crippen LogP contribution >= 0.6 is 27.7 Å². The predicted molar refractivity (Wildman–Crippen MR) is 93.0 cm³/mol. The number of nitriles is 1. The molecule has 2 aliphatic heterocycles. The number of alkyl halides is 1. The lowest BCUT2D eigenvalue weighted by Gasteiger charge is -2.16. The maximum Gasteiger partial charge on any atom is 0.257 e. The van der Waals surface area contributed by atoms with Crippen LogP contribution < -0.4 is 16.3 Å². The van der Waals surface area contributed by atoms with Gasteiger partial charge in [-0.15, -0.1) is 0 Å². The van der Waals surface area contributed by atoms with Crippen LogP contribution in [0.3, 0.4) is 0 Å². The molecule has 1 aromatic rings. The quantitative estimate of drug-likeness (QED) is 0.402. The van der Waals surface area contributed by atoms with Gasteiger partial charge in [0.2, 0.25) is 0 Å². The first-order chi connectivity index (χ1) is 11.2. The minimum Gasteiger partial charge on any atom is -0.289 e. The van der Waals surface area contributed by atoms with Crippen molar-refractivity contribution < 1.29 is 4.79 Å². The van der Waals surface area contributed by atoms with Gasteiger partial charge in [0.15, 0.2) is 5.71 Å². The summed E-state index contributed by atoms with van der Waals surface area (Å²) in [6.07, 6.45) is -0.216. The molecule has 118 valence electrons. The number of carbonyl (C=O) groups is 1. The summed E-state index contributed by atoms with van der Waals surface area (Å²) < 4.78 is 0. The zero-order valence-corrected chi connectivity index (χ0v) is 14.3. The number of hydrazine groups is 1. The Morgan fingerprint density at radius 1 is 1.43 bits per heavy atom. The van der Waals surface area contributed by atoms with Gasteiger partial charge in [-0.2, -0.15) is 10.4 Å². The molecule has 0 radical (unpaired) electrons. The largest absolute Gasteiger partial charge is 0.289 e. The van der Waals surface area contributed by atoms with Gasteiger partial charge in [-0.25, -0.2) is 15.8 Å². The first-order valence-electron chi connectivity index (χ1n) is 6.87. The van der Waals surface area contributed by atoms with Crippen LogP contribution in [0.1, 0.15) is 11.6 Å². The average molecular weight is 393 g/mol. The van der Waals surface area contributed by atoms with E-state index in [1.807, 2.05) is 36.4 Å². The molecule has 1 amide bonds. The van der Waals surface area contributed by atoms with Crippen LogP contribution in [0.25, 0.3) is 0 Å². The Kier molecular flexibility index (Phi) is 5.07. The molecule has 7 nitrogen and oxygen atoms in total. The summed E-state index contributed by atoms with van der Waals surface area (Å²) in [6, 6.07) is 12.0. The fourth-order valence-electron chi connectivity index (χ4n) is 2.25. The van der Waals surface area contributed by atoms with Gasteiger partial charge in [0.25, 0.3) is 5.91 Å². The van der Waals surface area contributed by atoms with Crippen molar-refractivity contribution in [2.45, 2.75) is 17.0 Å². The Hall–Kier alpha value is -1.73. The molecular weight excluding hydrogens is 380 g/mol. The van der Waals surface area contributed by atoms with Gasteiger partial charge < -0.3 is 0 Å². The molecule has 0 saturated carbocycles. The number of rotatable bonds is 4. The molecule has 23 heavy (non-hydrogen) atoms. The number of hydrazone groups is 1. The summed E-state index contributed by atoms with van der Waals surface area (Å²) in [5, 5.41) is 13.6. The number of halogens is 1. The minimum atomic E-state index is -0.240. The van der Waals surface area contributed by atoms with Crippen molar-refractivity contribution in [1.29, 1.82) is 5.26 Å². The lowest BCUT2D eigenvalue weighted by atomic mass is 10.0. The normalized spacial score (nSPS) is 27.7. The molecule has 1 aromatic carbocycles. The Balaban J connectivity index is 1.67. The summed E-state index contributed by atoms with van der Waals surface area (Å²) in [7, 11) is 0. The topological polar surface area (TPSA) is 102 Å². The first kappa shape index (κ1) is 16.1. The van der Waals surface area contributed by atoms with Gasteiger partial charge in [0.1, 0.15) is 17.3 Å². The van der Waals surface area contributed by atoms with E-state index in [0.717, 1.165) is 5.56 Å². The average Bonchev–Trinajstić information content (AvgIpc) is 3.16. The van der Waals surface area contributed by atoms with Gasteiger partial charge in [0, 0.05) is 0 Å². The number of aliphatic imine (C=N–C) groups is 1. The first-order valence-corrected chi connectivity index (χ1v) is 8.77. The standard InChI is InChI=1S/C14H13BrN6OS/c15-11-12(8-4-2-1-3-5-8)19-21-13(11)20-18-9(6-16)14-17-10(22)7-23-14/h1-5,11-13,19-21H,7H2/b18-9+. The second kappa shape index (κ2) is 7.23. The number of amides is 1. The molecule has 2 heterocycles. The summed E-state index contributed by atoms with van der Waals surface area (Å²) in [5.41, 5.74) is 10.5. The number of carbonyl (C=O) groups excluding carboxylic acids is 1. The summed E-state index contributed by atoms with van der Waals surface area (Å²) in [6.45, 7) is 0. The van der Waals surface area contributed by atoms with E-state index in [4.69, 9.17) is 5.26 Å². The van der Waals surface area contributed by atoms with Crippen LogP contribution in [-0.4, -0.2) is 33.4 Å². The highest BCUT2D eigenvalue weighted by Crippen LogP contribution is 2.27. The third-order valence-electron chi connectivity index (χ3n) is 3.37. The molecule has 0 spiro atoms. The van der Waals surface area contributed by atoms with Gasteiger partial charge in [-0.1, -0.05) is 58.0 Å². The maximum absolute atomic E-state index is 11.2. The molecule has 2 aliphatic rings. The molecule has 1 fully saturated rings. The Morgan fingerprint density at radius 3 is 2.87 bits per heavy atom. The van der Waals surface area contributed by atoms with Gasteiger partial charge in [-0.05, 0) is 5.56 Å². The van der Waals surface area contributed by atoms with Crippen molar-refractivity contribution in [3.63, 3.8) is 0 Å². The second-order valence-electron chi connectivity index (χ2n) is 4.90. The monoisotopic (exact) mass is 392 g/mol. The van der Waals surface area contributed by atoms with Gasteiger partial charge in [0.05, 0.1) is 16.6 Å². The third kappa shape index (κ3) is 3.61. The molecule has 3 atom stereocenters. The van der Waals surface area contributed by atoms with Crippen LogP contribution in [-0.2, 0) is 4.79 Å². The summed E-state index contributed by atoms with van der Waals surface area (Å²) >= 11 is 4.87. The molecule has 3 rings (SSSR count). The second-order valence-corrected chi connectivity index (χ2v) is 6.92. The van der Waals surface area contributed by atoms with E-state index < -0.39 is 0 Å². The summed E-state index contributed by atoms with van der Waals surface area (Å²) in [4.78, 5) is 15.0. The molecule has 0 aromatic heterocycles. The van der Waals surface area contributed by atoms with E-state index in [0.29, 0.717) is 5.04 Å². The highest BCUT2D eigenvalue weighted by atomic mass is 79.9. The number of nitrogens with one attached hydrogen (secondary N) is 3. The zero-order valence-electron chi connectivity index (χ0n) is 11.9. The van der Waals surface area contributed by atoms with E-state index in [9.17, 15) is 4.79 Å². The molecular formula is C14H13BrN6OS. The number of thioether (sulfide) groups is 1. The number of benzene rings is 1. The van der Waals surface area contributed by atoms with E-state index in [2.05, 4.69) is 42.3 Å². The van der Waals surface area contributed by atoms with Crippen molar-refractivity contribution in [1.82, 2.24) is 16.3 Å². The molecule has 1 saturated heterocycles. The van der Waals surface area contributed by atoms with Crippen LogP contribution in [0, 0.1) is 11.3 Å². The Labute approximate surface area is 145 Å². The maximum atomic E-state index is 11.2. The van der Waals surface area contributed by atoms with E-state index >= 15 is 0 Å². The van der Waals surface area contributed by atoms with Crippen molar-refractivity contribution in [3.8, 4) is 6.07 Å². The third-order valence-corrected chi connectivity index (χ3v) is 5.38. The smallest absolute Gasteiger partial charge is 0.257 e. The van der Waals surface area contributed by atoms with Crippen LogP contribution in [0.5, 0.6) is 0 Å². The van der Waals surface area contributed by atoms with Crippen LogP contribution in [0.15, 0.2) is 40.4 Å². The van der Waals surface area contributed by atoms with E-state index in [1.54, 1.807) is 0 Å². The molecule has 0 bridgehead atoms. The lowest BCUT2D eigenvalue weighted by Crippen LogP contribution is -2.42. The molecule has 0 aliphatic carbocycles. The number of nitrogens with zero attached hydrogens (tertiary/aromatic N) is 3. The highest BCUT2D eigenvalue weighted by Gasteiger charge is 2.35. The van der Waals surface area contributed by atoms with Gasteiger partial charge >= 0.3 is 0 Å². The highest BCUT2D eigenvalue weighted by molar-refractivity contribution is 9.09. The minimum absolute atomic E-state index is 0.0217.